The summed E-state index contributed by atoms with van der Waals surface area (Å²) in [5, 5.41) is 6.95. The highest BCUT2D eigenvalue weighted by atomic mass is 15.0. The van der Waals surface area contributed by atoms with Crippen molar-refractivity contribution in [3.05, 3.63) is 30.0 Å². The molecule has 2 N–H and O–H groups in total. The Morgan fingerprint density at radius 1 is 0.950 bits per heavy atom. The van der Waals surface area contributed by atoms with Crippen LogP contribution in [0.5, 0.6) is 0 Å². The zero-order valence-corrected chi connectivity index (χ0v) is 12.2. The maximum atomic E-state index is 4.72. The second-order valence-electron chi connectivity index (χ2n) is 5.63. The van der Waals surface area contributed by atoms with Crippen LogP contribution in [-0.2, 0) is 0 Å². The van der Waals surface area contributed by atoms with E-state index in [2.05, 4.69) is 22.7 Å². The summed E-state index contributed by atoms with van der Waals surface area (Å²) in [6, 6.07) is 9.24. The Bertz CT molecular complexity index is 588. The van der Waals surface area contributed by atoms with Crippen molar-refractivity contribution in [2.45, 2.75) is 44.7 Å². The van der Waals surface area contributed by atoms with Crippen LogP contribution in [0.25, 0.3) is 11.0 Å². The number of aromatic nitrogens is 2. The van der Waals surface area contributed by atoms with Crippen molar-refractivity contribution in [1.82, 2.24) is 15.3 Å². The van der Waals surface area contributed by atoms with Crippen molar-refractivity contribution in [1.29, 1.82) is 0 Å². The zero-order chi connectivity index (χ0) is 13.9. The lowest BCUT2D eigenvalue weighted by Crippen LogP contribution is -2.35. The highest BCUT2D eigenvalue weighted by Crippen LogP contribution is 2.23. The number of hydrogen-bond acceptors (Lipinski definition) is 4. The second kappa shape index (κ2) is 5.75. The molecule has 106 valence electrons. The smallest absolute Gasteiger partial charge is 0.148 e. The maximum Gasteiger partial charge on any atom is 0.148 e. The van der Waals surface area contributed by atoms with Crippen LogP contribution in [0.3, 0.4) is 0 Å². The molecule has 0 atom stereocenters. The lowest BCUT2D eigenvalue weighted by atomic mass is 9.91. The van der Waals surface area contributed by atoms with Crippen molar-refractivity contribution < 1.29 is 0 Å². The molecule has 4 heteroatoms. The van der Waals surface area contributed by atoms with Crippen molar-refractivity contribution in [2.24, 2.45) is 0 Å². The zero-order valence-electron chi connectivity index (χ0n) is 12.2. The molecular formula is C16H22N4. The van der Waals surface area contributed by atoms with E-state index in [9.17, 15) is 0 Å². The number of hydrogen-bond donors (Lipinski definition) is 2. The molecule has 1 fully saturated rings. The number of rotatable bonds is 3. The Hall–Kier alpha value is -1.68. The minimum atomic E-state index is 0.522. The van der Waals surface area contributed by atoms with Crippen LogP contribution in [0, 0.1) is 6.92 Å². The number of fused-ring (bicyclic) bond motifs is 1. The number of anilines is 1. The molecule has 1 aromatic carbocycles. The van der Waals surface area contributed by atoms with E-state index in [-0.39, 0.29) is 0 Å². The fraction of sp³-hybridized carbons (Fsp3) is 0.500. The molecule has 0 unspecified atom stereocenters. The highest BCUT2D eigenvalue weighted by Gasteiger charge is 2.20. The molecule has 0 radical (unpaired) electrons. The normalized spacial score (nSPS) is 22.9. The van der Waals surface area contributed by atoms with Gasteiger partial charge in [0.15, 0.2) is 0 Å². The van der Waals surface area contributed by atoms with E-state index in [4.69, 9.17) is 4.98 Å². The van der Waals surface area contributed by atoms with Gasteiger partial charge in [0.05, 0.1) is 16.7 Å². The molecule has 2 aromatic rings. The van der Waals surface area contributed by atoms with Gasteiger partial charge in [0.2, 0.25) is 0 Å². The molecule has 1 heterocycles. The van der Waals surface area contributed by atoms with Crippen LogP contribution in [0.1, 0.15) is 31.4 Å². The fourth-order valence-corrected chi connectivity index (χ4v) is 2.94. The monoisotopic (exact) mass is 270 g/mol. The van der Waals surface area contributed by atoms with Crippen molar-refractivity contribution in [3.63, 3.8) is 0 Å². The first-order chi connectivity index (χ1) is 9.76. The Balaban J connectivity index is 1.76. The number of nitrogens with one attached hydrogen (secondary N) is 2. The summed E-state index contributed by atoms with van der Waals surface area (Å²) >= 11 is 0. The first kappa shape index (κ1) is 13.3. The molecule has 0 saturated heterocycles. The van der Waals surface area contributed by atoms with Crippen LogP contribution in [-0.4, -0.2) is 29.1 Å². The van der Waals surface area contributed by atoms with Gasteiger partial charge < -0.3 is 10.6 Å². The molecule has 0 bridgehead atoms. The van der Waals surface area contributed by atoms with Gasteiger partial charge in [0, 0.05) is 12.1 Å². The van der Waals surface area contributed by atoms with Crippen LogP contribution in [0.4, 0.5) is 5.82 Å². The van der Waals surface area contributed by atoms with Crippen molar-refractivity contribution in [2.75, 3.05) is 12.4 Å². The Labute approximate surface area is 120 Å². The molecular weight excluding hydrogens is 248 g/mol. The number of nitrogens with zero attached hydrogens (tertiary/aromatic N) is 2. The van der Waals surface area contributed by atoms with Gasteiger partial charge in [0.25, 0.3) is 0 Å². The largest absolute Gasteiger partial charge is 0.366 e. The lowest BCUT2D eigenvalue weighted by Gasteiger charge is -2.29. The minimum absolute atomic E-state index is 0.522. The van der Waals surface area contributed by atoms with Gasteiger partial charge in [-0.15, -0.1) is 0 Å². The van der Waals surface area contributed by atoms with Gasteiger partial charge in [0.1, 0.15) is 5.82 Å². The highest BCUT2D eigenvalue weighted by molar-refractivity contribution is 5.76. The first-order valence-electron chi connectivity index (χ1n) is 7.43. The molecule has 1 aliphatic rings. The van der Waals surface area contributed by atoms with E-state index >= 15 is 0 Å². The van der Waals surface area contributed by atoms with Crippen LogP contribution in [0.2, 0.25) is 0 Å². The summed E-state index contributed by atoms with van der Waals surface area (Å²) in [5.41, 5.74) is 2.92. The molecule has 0 spiro atoms. The number of para-hydroxylation sites is 2. The number of benzene rings is 1. The molecule has 0 amide bonds. The molecule has 3 rings (SSSR count). The average molecular weight is 270 g/mol. The van der Waals surface area contributed by atoms with Gasteiger partial charge in [-0.3, -0.25) is 0 Å². The Morgan fingerprint density at radius 2 is 1.55 bits per heavy atom. The van der Waals surface area contributed by atoms with Gasteiger partial charge in [-0.25, -0.2) is 9.97 Å². The third-order valence-electron chi connectivity index (χ3n) is 4.22. The summed E-state index contributed by atoms with van der Waals surface area (Å²) in [7, 11) is 2.05. The van der Waals surface area contributed by atoms with Crippen LogP contribution in [0.15, 0.2) is 24.3 Å². The van der Waals surface area contributed by atoms with Crippen molar-refractivity contribution in [3.8, 4) is 0 Å². The Morgan fingerprint density at radius 3 is 2.20 bits per heavy atom. The predicted octanol–water partition coefficient (Wildman–Crippen LogP) is 2.88. The predicted molar refractivity (Wildman–Crippen MR) is 83.0 cm³/mol. The Kier molecular flexibility index (Phi) is 3.83. The summed E-state index contributed by atoms with van der Waals surface area (Å²) in [4.78, 5) is 9.35. The summed E-state index contributed by atoms with van der Waals surface area (Å²) in [6.45, 7) is 2.03. The van der Waals surface area contributed by atoms with Crippen LogP contribution < -0.4 is 10.6 Å². The van der Waals surface area contributed by atoms with E-state index in [1.807, 2.05) is 31.2 Å². The quantitative estimate of drug-likeness (QED) is 0.900. The van der Waals surface area contributed by atoms with Gasteiger partial charge in [-0.05, 0) is 51.8 Å². The molecule has 0 aliphatic heterocycles. The van der Waals surface area contributed by atoms with E-state index in [1.165, 1.54) is 25.7 Å². The van der Waals surface area contributed by atoms with Crippen molar-refractivity contribution >= 4 is 16.9 Å². The van der Waals surface area contributed by atoms with Gasteiger partial charge in [-0.1, -0.05) is 12.1 Å². The standard InChI is InChI=1S/C16H22N4/c1-11-16(19-13-9-7-12(17-2)8-10-13)20-15-6-4-3-5-14(15)18-11/h3-6,12-13,17H,7-10H2,1-2H3,(H,19,20). The van der Waals surface area contributed by atoms with E-state index < -0.39 is 0 Å². The molecule has 1 aromatic heterocycles. The summed E-state index contributed by atoms with van der Waals surface area (Å²) in [6.07, 6.45) is 4.85. The minimum Gasteiger partial charge on any atom is -0.366 e. The third-order valence-corrected chi connectivity index (χ3v) is 4.22. The maximum absolute atomic E-state index is 4.72. The molecule has 20 heavy (non-hydrogen) atoms. The van der Waals surface area contributed by atoms with Crippen LogP contribution >= 0.6 is 0 Å². The molecule has 1 saturated carbocycles. The molecule has 1 aliphatic carbocycles. The SMILES string of the molecule is CNC1CCC(Nc2nc3ccccc3nc2C)CC1. The van der Waals surface area contributed by atoms with Gasteiger partial charge in [-0.2, -0.15) is 0 Å². The summed E-state index contributed by atoms with van der Waals surface area (Å²) in [5.74, 6) is 0.941. The topological polar surface area (TPSA) is 49.8 Å². The third kappa shape index (κ3) is 2.75. The van der Waals surface area contributed by atoms with E-state index in [0.717, 1.165) is 22.5 Å². The first-order valence-corrected chi connectivity index (χ1v) is 7.43. The van der Waals surface area contributed by atoms with E-state index in [1.54, 1.807) is 0 Å². The lowest BCUT2D eigenvalue weighted by molar-refractivity contribution is 0.371. The summed E-state index contributed by atoms with van der Waals surface area (Å²) < 4.78 is 0. The second-order valence-corrected chi connectivity index (χ2v) is 5.63. The van der Waals surface area contributed by atoms with E-state index in [0.29, 0.717) is 12.1 Å². The van der Waals surface area contributed by atoms with Gasteiger partial charge >= 0.3 is 0 Å². The number of aryl methyl sites for hydroxylation is 1. The molecule has 4 nitrogen and oxygen atoms in total. The average Bonchev–Trinajstić information content (AvgIpc) is 2.49. The fourth-order valence-electron chi connectivity index (χ4n) is 2.94.